The molecule has 0 saturated carbocycles. The molecule has 0 fully saturated rings. The van der Waals surface area contributed by atoms with Crippen LogP contribution in [0.1, 0.15) is 233 Å². The molecule has 56 heavy (non-hydrogen) atoms. The third-order valence-corrected chi connectivity index (χ3v) is 10.1. The van der Waals surface area contributed by atoms with E-state index in [-0.39, 0.29) is 31.1 Å². The number of carbonyl (C=O) groups is 3. The molecule has 1 atom stereocenters. The van der Waals surface area contributed by atoms with E-state index in [1.807, 2.05) is 0 Å². The lowest BCUT2D eigenvalue weighted by atomic mass is 10.1. The Morgan fingerprint density at radius 2 is 0.661 bits per heavy atom. The number of allylic oxidation sites excluding steroid dienone is 8. The Labute approximate surface area is 346 Å². The lowest BCUT2D eigenvalue weighted by Crippen LogP contribution is -2.30. The van der Waals surface area contributed by atoms with Crippen LogP contribution in [0.5, 0.6) is 0 Å². The molecule has 0 aliphatic heterocycles. The van der Waals surface area contributed by atoms with Gasteiger partial charge in [-0.1, -0.05) is 172 Å². The van der Waals surface area contributed by atoms with E-state index in [2.05, 4.69) is 69.4 Å². The summed E-state index contributed by atoms with van der Waals surface area (Å²) in [5.74, 6) is -0.957. The molecule has 0 rings (SSSR count). The smallest absolute Gasteiger partial charge is 0.306 e. The quantitative estimate of drug-likeness (QED) is 0.0202. The molecule has 0 N–H and O–H groups in total. The molecule has 0 amide bonds. The van der Waals surface area contributed by atoms with Crippen LogP contribution in [-0.4, -0.2) is 37.2 Å². The number of carbonyl (C=O) groups excluding carboxylic acids is 3. The van der Waals surface area contributed by atoms with Gasteiger partial charge in [0, 0.05) is 19.3 Å². The second-order valence-electron chi connectivity index (χ2n) is 15.7. The maximum absolute atomic E-state index is 12.7. The van der Waals surface area contributed by atoms with Crippen molar-refractivity contribution in [3.8, 4) is 0 Å². The van der Waals surface area contributed by atoms with Crippen LogP contribution < -0.4 is 0 Å². The summed E-state index contributed by atoms with van der Waals surface area (Å²) >= 11 is 0. The van der Waals surface area contributed by atoms with Gasteiger partial charge < -0.3 is 14.2 Å². The molecule has 6 nitrogen and oxygen atoms in total. The molecule has 0 aliphatic carbocycles. The van der Waals surface area contributed by atoms with Crippen molar-refractivity contribution in [2.75, 3.05) is 13.2 Å². The standard InChI is InChI=1S/C50H88O6/c1-4-7-10-13-16-19-21-23-25-27-28-31-34-37-40-43-49(52)55-46-47(45-54-48(51)42-39-36-33-30-18-15-12-9-6-3)56-50(53)44-41-38-35-32-29-26-24-22-20-17-14-11-8-5-2/h16,19,21,23,26,29-30,33,47H,4-15,17-18,20,22,24-25,27-28,31-32,34-46H2,1-3H3/b19-16-,23-21-,29-26-,33-30-. The highest BCUT2D eigenvalue weighted by atomic mass is 16.6. The highest BCUT2D eigenvalue weighted by molar-refractivity contribution is 5.71. The van der Waals surface area contributed by atoms with Gasteiger partial charge in [0.2, 0.25) is 0 Å². The lowest BCUT2D eigenvalue weighted by Gasteiger charge is -2.18. The Morgan fingerprint density at radius 3 is 1.14 bits per heavy atom. The Morgan fingerprint density at radius 1 is 0.357 bits per heavy atom. The summed E-state index contributed by atoms with van der Waals surface area (Å²) < 4.78 is 16.7. The normalized spacial score (nSPS) is 12.4. The zero-order chi connectivity index (χ0) is 40.8. The summed E-state index contributed by atoms with van der Waals surface area (Å²) in [6, 6.07) is 0. The lowest BCUT2D eigenvalue weighted by molar-refractivity contribution is -0.167. The van der Waals surface area contributed by atoms with E-state index >= 15 is 0 Å². The molecule has 0 aromatic rings. The zero-order valence-corrected chi connectivity index (χ0v) is 36.9. The minimum Gasteiger partial charge on any atom is -0.462 e. The van der Waals surface area contributed by atoms with E-state index in [0.717, 1.165) is 70.6 Å². The molecule has 0 spiro atoms. The molecule has 0 aromatic heterocycles. The van der Waals surface area contributed by atoms with E-state index in [1.54, 1.807) is 0 Å². The fourth-order valence-corrected chi connectivity index (χ4v) is 6.43. The highest BCUT2D eigenvalue weighted by Crippen LogP contribution is 2.13. The number of esters is 3. The van der Waals surface area contributed by atoms with E-state index in [9.17, 15) is 14.4 Å². The molecule has 0 radical (unpaired) electrons. The first-order valence-corrected chi connectivity index (χ1v) is 23.7. The number of unbranched alkanes of at least 4 members (excludes halogenated alkanes) is 24. The molecule has 0 aromatic carbocycles. The second-order valence-corrected chi connectivity index (χ2v) is 15.7. The van der Waals surface area contributed by atoms with Crippen LogP contribution in [-0.2, 0) is 28.6 Å². The van der Waals surface area contributed by atoms with Crippen LogP contribution in [0, 0.1) is 0 Å². The van der Waals surface area contributed by atoms with E-state index < -0.39 is 6.10 Å². The molecule has 324 valence electrons. The van der Waals surface area contributed by atoms with Crippen LogP contribution in [0.15, 0.2) is 48.6 Å². The molecule has 0 bridgehead atoms. The van der Waals surface area contributed by atoms with Gasteiger partial charge >= 0.3 is 17.9 Å². The average Bonchev–Trinajstić information content (AvgIpc) is 3.19. The minimum atomic E-state index is -0.793. The van der Waals surface area contributed by atoms with Crippen molar-refractivity contribution in [3.63, 3.8) is 0 Å². The summed E-state index contributed by atoms with van der Waals surface area (Å²) in [6.07, 6.45) is 52.4. The van der Waals surface area contributed by atoms with Gasteiger partial charge in [-0.25, -0.2) is 0 Å². The van der Waals surface area contributed by atoms with Gasteiger partial charge in [-0.3, -0.25) is 14.4 Å². The van der Waals surface area contributed by atoms with Crippen molar-refractivity contribution in [1.29, 1.82) is 0 Å². The van der Waals surface area contributed by atoms with E-state index in [0.29, 0.717) is 25.7 Å². The first-order chi connectivity index (χ1) is 27.5. The van der Waals surface area contributed by atoms with Gasteiger partial charge in [0.15, 0.2) is 6.10 Å². The number of hydrogen-bond acceptors (Lipinski definition) is 6. The molecule has 0 heterocycles. The van der Waals surface area contributed by atoms with Crippen molar-refractivity contribution in [2.45, 2.75) is 239 Å². The summed E-state index contributed by atoms with van der Waals surface area (Å²) in [6.45, 7) is 6.51. The SMILES string of the molecule is CCCCC/C=C\C=C/CCCCCCCCC(=O)OCC(COC(=O)CCC/C=C\CCCCCC)OC(=O)CCCCC/C=C\CCCCCCCCC. The van der Waals surface area contributed by atoms with E-state index in [1.165, 1.54) is 116 Å². The fourth-order valence-electron chi connectivity index (χ4n) is 6.43. The van der Waals surface area contributed by atoms with Crippen LogP contribution in [0.2, 0.25) is 0 Å². The molecular weight excluding hydrogens is 697 g/mol. The second kappa shape index (κ2) is 45.1. The molecular formula is C50H88O6. The largest absolute Gasteiger partial charge is 0.462 e. The van der Waals surface area contributed by atoms with Gasteiger partial charge in [0.1, 0.15) is 13.2 Å². The number of ether oxygens (including phenoxy) is 3. The summed E-state index contributed by atoms with van der Waals surface area (Å²) in [5.41, 5.74) is 0. The maximum atomic E-state index is 12.7. The van der Waals surface area contributed by atoms with Crippen LogP contribution in [0.25, 0.3) is 0 Å². The average molecular weight is 785 g/mol. The Kier molecular flexibility index (Phi) is 43.0. The van der Waals surface area contributed by atoms with Gasteiger partial charge in [-0.05, 0) is 89.9 Å². The summed E-state index contributed by atoms with van der Waals surface area (Å²) in [5, 5.41) is 0. The van der Waals surface area contributed by atoms with Gasteiger partial charge in [0.05, 0.1) is 0 Å². The van der Waals surface area contributed by atoms with Crippen molar-refractivity contribution in [3.05, 3.63) is 48.6 Å². The third-order valence-electron chi connectivity index (χ3n) is 10.1. The summed E-state index contributed by atoms with van der Waals surface area (Å²) in [7, 11) is 0. The number of hydrogen-bond donors (Lipinski definition) is 0. The van der Waals surface area contributed by atoms with Crippen LogP contribution >= 0.6 is 0 Å². The van der Waals surface area contributed by atoms with E-state index in [4.69, 9.17) is 14.2 Å². The zero-order valence-electron chi connectivity index (χ0n) is 36.9. The van der Waals surface area contributed by atoms with Crippen molar-refractivity contribution in [2.24, 2.45) is 0 Å². The third kappa shape index (κ3) is 42.5. The van der Waals surface area contributed by atoms with Crippen molar-refractivity contribution in [1.82, 2.24) is 0 Å². The molecule has 6 heteroatoms. The first kappa shape index (κ1) is 53.4. The van der Waals surface area contributed by atoms with Gasteiger partial charge in [-0.2, -0.15) is 0 Å². The van der Waals surface area contributed by atoms with Crippen LogP contribution in [0.4, 0.5) is 0 Å². The highest BCUT2D eigenvalue weighted by Gasteiger charge is 2.19. The summed E-state index contributed by atoms with van der Waals surface area (Å²) in [4.78, 5) is 37.7. The molecule has 1 unspecified atom stereocenters. The minimum absolute atomic E-state index is 0.0936. The predicted molar refractivity (Wildman–Crippen MR) is 238 cm³/mol. The molecule has 0 aliphatic rings. The fraction of sp³-hybridized carbons (Fsp3) is 0.780. The van der Waals surface area contributed by atoms with Gasteiger partial charge in [-0.15, -0.1) is 0 Å². The van der Waals surface area contributed by atoms with Gasteiger partial charge in [0.25, 0.3) is 0 Å². The maximum Gasteiger partial charge on any atom is 0.306 e. The first-order valence-electron chi connectivity index (χ1n) is 23.7. The van der Waals surface area contributed by atoms with Crippen LogP contribution in [0.3, 0.4) is 0 Å². The topological polar surface area (TPSA) is 78.9 Å². The molecule has 0 saturated heterocycles. The Balaban J connectivity index is 4.41. The van der Waals surface area contributed by atoms with Crippen molar-refractivity contribution >= 4 is 17.9 Å². The van der Waals surface area contributed by atoms with Crippen molar-refractivity contribution < 1.29 is 28.6 Å². The Bertz CT molecular complexity index is 996. The Hall–Kier alpha value is -2.63. The predicted octanol–water partition coefficient (Wildman–Crippen LogP) is 15.1. The number of rotatable bonds is 42. The monoisotopic (exact) mass is 785 g/mol.